The molecule has 1 aromatic carbocycles. The molecule has 2 aromatic rings. The largest absolute Gasteiger partial charge is 0.367 e. The first-order valence-corrected chi connectivity index (χ1v) is 5.79. The van der Waals surface area contributed by atoms with Crippen LogP contribution in [0.25, 0.3) is 5.69 Å². The quantitative estimate of drug-likeness (QED) is 0.849. The van der Waals surface area contributed by atoms with E-state index in [0.29, 0.717) is 6.04 Å². The zero-order chi connectivity index (χ0) is 10.8. The Morgan fingerprint density at radius 3 is 2.62 bits per heavy atom. The van der Waals surface area contributed by atoms with Crippen LogP contribution < -0.4 is 5.32 Å². The molecular weight excluding hydrogens is 198 g/mol. The Hall–Kier alpha value is -1.77. The summed E-state index contributed by atoms with van der Waals surface area (Å²) in [4.78, 5) is 0. The Bertz CT molecular complexity index is 457. The molecule has 0 radical (unpaired) electrons. The monoisotopic (exact) mass is 213 g/mol. The van der Waals surface area contributed by atoms with Gasteiger partial charge in [0.1, 0.15) is 5.82 Å². The first-order valence-electron chi connectivity index (χ1n) is 5.79. The maximum absolute atomic E-state index is 4.35. The number of anilines is 1. The van der Waals surface area contributed by atoms with Crippen LogP contribution in [0, 0.1) is 0 Å². The van der Waals surface area contributed by atoms with Gasteiger partial charge in [0.2, 0.25) is 0 Å². The third kappa shape index (κ3) is 1.69. The van der Waals surface area contributed by atoms with Crippen LogP contribution in [-0.4, -0.2) is 15.8 Å². The summed E-state index contributed by atoms with van der Waals surface area (Å²) in [7, 11) is 0. The SMILES string of the molecule is c1ccc(-n2nccc2NC2CCC2)cc1. The summed E-state index contributed by atoms with van der Waals surface area (Å²) in [5.74, 6) is 1.09. The van der Waals surface area contributed by atoms with Crippen LogP contribution in [0.1, 0.15) is 19.3 Å². The summed E-state index contributed by atoms with van der Waals surface area (Å²) in [5, 5.41) is 7.88. The predicted octanol–water partition coefficient (Wildman–Crippen LogP) is 2.84. The second-order valence-electron chi connectivity index (χ2n) is 4.24. The van der Waals surface area contributed by atoms with Crippen LogP contribution >= 0.6 is 0 Å². The zero-order valence-corrected chi connectivity index (χ0v) is 9.13. The molecule has 0 saturated heterocycles. The molecule has 1 N–H and O–H groups in total. The minimum absolute atomic E-state index is 0.638. The summed E-state index contributed by atoms with van der Waals surface area (Å²) in [6.45, 7) is 0. The minimum Gasteiger partial charge on any atom is -0.367 e. The topological polar surface area (TPSA) is 29.9 Å². The smallest absolute Gasteiger partial charge is 0.129 e. The molecule has 0 aliphatic heterocycles. The van der Waals surface area contributed by atoms with Crippen molar-refractivity contribution >= 4 is 5.82 Å². The number of benzene rings is 1. The van der Waals surface area contributed by atoms with Gasteiger partial charge in [-0.2, -0.15) is 5.10 Å². The fourth-order valence-corrected chi connectivity index (χ4v) is 1.95. The van der Waals surface area contributed by atoms with Crippen molar-refractivity contribution in [2.75, 3.05) is 5.32 Å². The lowest BCUT2D eigenvalue weighted by molar-refractivity contribution is 0.443. The molecule has 3 heteroatoms. The number of hydrogen-bond donors (Lipinski definition) is 1. The van der Waals surface area contributed by atoms with Crippen LogP contribution in [0.15, 0.2) is 42.6 Å². The lowest BCUT2D eigenvalue weighted by atomic mass is 9.93. The zero-order valence-electron chi connectivity index (χ0n) is 9.13. The molecule has 82 valence electrons. The fourth-order valence-electron chi connectivity index (χ4n) is 1.95. The first-order chi connectivity index (χ1) is 7.93. The van der Waals surface area contributed by atoms with E-state index in [1.165, 1.54) is 19.3 Å². The van der Waals surface area contributed by atoms with E-state index in [-0.39, 0.29) is 0 Å². The fraction of sp³-hybridized carbons (Fsp3) is 0.308. The van der Waals surface area contributed by atoms with Gasteiger partial charge in [-0.15, -0.1) is 0 Å². The molecule has 16 heavy (non-hydrogen) atoms. The van der Waals surface area contributed by atoms with E-state index in [0.717, 1.165) is 11.5 Å². The molecule has 1 saturated carbocycles. The molecule has 0 amide bonds. The summed E-state index contributed by atoms with van der Waals surface area (Å²) in [5.41, 5.74) is 1.11. The van der Waals surface area contributed by atoms with Gasteiger partial charge in [0.25, 0.3) is 0 Å². The second-order valence-corrected chi connectivity index (χ2v) is 4.24. The number of nitrogens with zero attached hydrogens (tertiary/aromatic N) is 2. The van der Waals surface area contributed by atoms with E-state index in [4.69, 9.17) is 0 Å². The van der Waals surface area contributed by atoms with E-state index in [2.05, 4.69) is 22.5 Å². The van der Waals surface area contributed by atoms with Gasteiger partial charge in [-0.25, -0.2) is 4.68 Å². The molecule has 3 rings (SSSR count). The van der Waals surface area contributed by atoms with Gasteiger partial charge < -0.3 is 5.32 Å². The van der Waals surface area contributed by atoms with Gasteiger partial charge in [0.15, 0.2) is 0 Å². The number of aromatic nitrogens is 2. The molecule has 0 unspecified atom stereocenters. The molecule has 1 aromatic heterocycles. The van der Waals surface area contributed by atoms with Gasteiger partial charge in [-0.3, -0.25) is 0 Å². The molecule has 1 fully saturated rings. The summed E-state index contributed by atoms with van der Waals surface area (Å²) >= 11 is 0. The summed E-state index contributed by atoms with van der Waals surface area (Å²) < 4.78 is 1.96. The molecule has 0 bridgehead atoms. The molecular formula is C13H15N3. The Kier molecular flexibility index (Phi) is 2.37. The Labute approximate surface area is 95.1 Å². The van der Waals surface area contributed by atoms with Gasteiger partial charge in [-0.05, 0) is 31.4 Å². The number of para-hydroxylation sites is 1. The number of rotatable bonds is 3. The highest BCUT2D eigenvalue weighted by Crippen LogP contribution is 2.24. The highest BCUT2D eigenvalue weighted by atomic mass is 15.3. The van der Waals surface area contributed by atoms with Crippen molar-refractivity contribution in [3.8, 4) is 5.69 Å². The average molecular weight is 213 g/mol. The van der Waals surface area contributed by atoms with Crippen LogP contribution in [-0.2, 0) is 0 Å². The van der Waals surface area contributed by atoms with Gasteiger partial charge >= 0.3 is 0 Å². The molecule has 1 aliphatic carbocycles. The number of nitrogens with one attached hydrogen (secondary N) is 1. The predicted molar refractivity (Wildman–Crippen MR) is 64.8 cm³/mol. The van der Waals surface area contributed by atoms with Crippen LogP contribution in [0.2, 0.25) is 0 Å². The standard InChI is InChI=1S/C13H15N3/c1-2-7-12(8-3-1)16-13(9-10-14-16)15-11-5-4-6-11/h1-3,7-11,15H,4-6H2. The van der Waals surface area contributed by atoms with Gasteiger partial charge in [0.05, 0.1) is 11.9 Å². The highest BCUT2D eigenvalue weighted by Gasteiger charge is 2.18. The lowest BCUT2D eigenvalue weighted by Gasteiger charge is -2.27. The van der Waals surface area contributed by atoms with Crippen LogP contribution in [0.5, 0.6) is 0 Å². The molecule has 1 heterocycles. The summed E-state index contributed by atoms with van der Waals surface area (Å²) in [6.07, 6.45) is 5.74. The van der Waals surface area contributed by atoms with E-state index >= 15 is 0 Å². The Morgan fingerprint density at radius 2 is 1.94 bits per heavy atom. The van der Waals surface area contributed by atoms with Crippen molar-refractivity contribution in [3.63, 3.8) is 0 Å². The van der Waals surface area contributed by atoms with Crippen molar-refractivity contribution in [2.24, 2.45) is 0 Å². The maximum Gasteiger partial charge on any atom is 0.129 e. The third-order valence-corrected chi connectivity index (χ3v) is 3.10. The normalized spacial score (nSPS) is 15.8. The maximum atomic E-state index is 4.35. The molecule has 0 spiro atoms. The van der Waals surface area contributed by atoms with Crippen molar-refractivity contribution in [1.82, 2.24) is 9.78 Å². The van der Waals surface area contributed by atoms with E-state index in [9.17, 15) is 0 Å². The van der Waals surface area contributed by atoms with E-state index < -0.39 is 0 Å². The van der Waals surface area contributed by atoms with E-state index in [1.54, 1.807) is 0 Å². The summed E-state index contributed by atoms with van der Waals surface area (Å²) in [6, 6.07) is 12.9. The Morgan fingerprint density at radius 1 is 1.12 bits per heavy atom. The molecule has 3 nitrogen and oxygen atoms in total. The van der Waals surface area contributed by atoms with E-state index in [1.807, 2.05) is 35.1 Å². The minimum atomic E-state index is 0.638. The van der Waals surface area contributed by atoms with Crippen molar-refractivity contribution in [2.45, 2.75) is 25.3 Å². The first kappa shape index (κ1) is 9.46. The van der Waals surface area contributed by atoms with Crippen molar-refractivity contribution in [3.05, 3.63) is 42.6 Å². The average Bonchev–Trinajstić information content (AvgIpc) is 2.73. The van der Waals surface area contributed by atoms with Crippen molar-refractivity contribution in [1.29, 1.82) is 0 Å². The van der Waals surface area contributed by atoms with Crippen LogP contribution in [0.3, 0.4) is 0 Å². The van der Waals surface area contributed by atoms with Crippen molar-refractivity contribution < 1.29 is 0 Å². The van der Waals surface area contributed by atoms with Crippen LogP contribution in [0.4, 0.5) is 5.82 Å². The second kappa shape index (κ2) is 4.00. The lowest BCUT2D eigenvalue weighted by Crippen LogP contribution is -2.28. The number of hydrogen-bond acceptors (Lipinski definition) is 2. The Balaban J connectivity index is 1.87. The highest BCUT2D eigenvalue weighted by molar-refractivity contribution is 5.45. The third-order valence-electron chi connectivity index (χ3n) is 3.10. The molecule has 1 aliphatic rings. The van der Waals surface area contributed by atoms with Gasteiger partial charge in [-0.1, -0.05) is 18.2 Å². The van der Waals surface area contributed by atoms with Gasteiger partial charge in [0, 0.05) is 12.1 Å². The molecule has 0 atom stereocenters.